The molecule has 1 aromatic rings. The van der Waals surface area contributed by atoms with Crippen molar-refractivity contribution in [1.82, 2.24) is 4.90 Å². The average Bonchev–Trinajstić information content (AvgIpc) is 2.65. The van der Waals surface area contributed by atoms with E-state index in [1.165, 1.54) is 12.7 Å². The molecule has 0 radical (unpaired) electrons. The van der Waals surface area contributed by atoms with E-state index < -0.39 is 6.04 Å². The molecule has 0 saturated heterocycles. The van der Waals surface area contributed by atoms with E-state index in [2.05, 4.69) is 15.7 Å². The molecule has 0 fully saturated rings. The largest absolute Gasteiger partial charge is 0.492 e. The molecule has 0 aromatic heterocycles. The number of hydrogen-bond acceptors (Lipinski definition) is 5. The minimum atomic E-state index is -0.551. The molecule has 1 aliphatic heterocycles. The van der Waals surface area contributed by atoms with Crippen LogP contribution in [0.15, 0.2) is 24.3 Å². The Morgan fingerprint density at radius 1 is 1.53 bits per heavy atom. The van der Waals surface area contributed by atoms with E-state index >= 15 is 0 Å². The van der Waals surface area contributed by atoms with Gasteiger partial charge in [-0.15, -0.1) is 0 Å². The Hall–Kier alpha value is -1.59. The molecule has 0 spiro atoms. The lowest BCUT2D eigenvalue weighted by molar-refractivity contribution is -0.142. The highest BCUT2D eigenvalue weighted by Gasteiger charge is 2.18. The van der Waals surface area contributed by atoms with Gasteiger partial charge in [-0.3, -0.25) is 9.69 Å². The molecular formula is C14H20N2O3. The minimum Gasteiger partial charge on any atom is -0.492 e. The van der Waals surface area contributed by atoms with Crippen molar-refractivity contribution in [2.45, 2.75) is 19.0 Å². The molecule has 0 aliphatic carbocycles. The van der Waals surface area contributed by atoms with Crippen LogP contribution in [0.3, 0.4) is 0 Å². The van der Waals surface area contributed by atoms with Gasteiger partial charge < -0.3 is 15.2 Å². The molecular weight excluding hydrogens is 244 g/mol. The highest BCUT2D eigenvalue weighted by molar-refractivity contribution is 5.75. The molecule has 0 saturated carbocycles. The molecule has 5 heteroatoms. The molecule has 1 aliphatic rings. The number of para-hydroxylation sites is 1. The van der Waals surface area contributed by atoms with E-state index in [-0.39, 0.29) is 5.97 Å². The fourth-order valence-electron chi connectivity index (χ4n) is 2.16. The second kappa shape index (κ2) is 6.54. The number of nitrogens with zero attached hydrogens (tertiary/aromatic N) is 1. The SMILES string of the molecule is COC(=O)C(N)CCN1CCOc2ccccc2C1. The zero-order valence-electron chi connectivity index (χ0n) is 11.2. The predicted molar refractivity (Wildman–Crippen MR) is 71.8 cm³/mol. The van der Waals surface area contributed by atoms with Crippen molar-refractivity contribution >= 4 is 5.97 Å². The van der Waals surface area contributed by atoms with Gasteiger partial charge in [-0.2, -0.15) is 0 Å². The summed E-state index contributed by atoms with van der Waals surface area (Å²) in [6, 6.07) is 7.48. The summed E-state index contributed by atoms with van der Waals surface area (Å²) in [5.74, 6) is 0.591. The Morgan fingerprint density at radius 2 is 2.32 bits per heavy atom. The lowest BCUT2D eigenvalue weighted by atomic mass is 10.1. The number of fused-ring (bicyclic) bond motifs is 1. The highest BCUT2D eigenvalue weighted by Crippen LogP contribution is 2.22. The number of ether oxygens (including phenoxy) is 2. The first-order valence-corrected chi connectivity index (χ1v) is 6.47. The van der Waals surface area contributed by atoms with Crippen LogP contribution in [0.1, 0.15) is 12.0 Å². The lowest BCUT2D eigenvalue weighted by Gasteiger charge is -2.20. The summed E-state index contributed by atoms with van der Waals surface area (Å²) in [5, 5.41) is 0. The monoisotopic (exact) mass is 264 g/mol. The van der Waals surface area contributed by atoms with Crippen LogP contribution in [0.4, 0.5) is 0 Å². The molecule has 1 heterocycles. The molecule has 1 atom stereocenters. The number of hydrogen-bond donors (Lipinski definition) is 1. The maximum Gasteiger partial charge on any atom is 0.322 e. The number of carbonyl (C=O) groups excluding carboxylic acids is 1. The van der Waals surface area contributed by atoms with Crippen molar-refractivity contribution in [3.8, 4) is 5.75 Å². The Balaban J connectivity index is 1.90. The highest BCUT2D eigenvalue weighted by atomic mass is 16.5. The van der Waals surface area contributed by atoms with Crippen molar-refractivity contribution in [1.29, 1.82) is 0 Å². The summed E-state index contributed by atoms with van der Waals surface area (Å²) in [6.07, 6.45) is 0.592. The van der Waals surface area contributed by atoms with Crippen LogP contribution in [0, 0.1) is 0 Å². The molecule has 1 aromatic carbocycles. The van der Waals surface area contributed by atoms with Crippen molar-refractivity contribution in [2.24, 2.45) is 5.73 Å². The first-order chi connectivity index (χ1) is 9.20. The van der Waals surface area contributed by atoms with Gasteiger partial charge in [0.2, 0.25) is 0 Å². The molecule has 104 valence electrons. The first-order valence-electron chi connectivity index (χ1n) is 6.47. The van der Waals surface area contributed by atoms with Gasteiger partial charge in [0.1, 0.15) is 18.4 Å². The normalized spacial score (nSPS) is 16.9. The van der Waals surface area contributed by atoms with E-state index in [0.29, 0.717) is 13.0 Å². The number of benzene rings is 1. The van der Waals surface area contributed by atoms with Crippen LogP contribution < -0.4 is 10.5 Å². The van der Waals surface area contributed by atoms with Crippen molar-refractivity contribution in [2.75, 3.05) is 26.8 Å². The van der Waals surface area contributed by atoms with E-state index in [0.717, 1.165) is 25.4 Å². The number of methoxy groups -OCH3 is 1. The Labute approximate surface area is 113 Å². The summed E-state index contributed by atoms with van der Waals surface area (Å²) >= 11 is 0. The third-order valence-corrected chi connectivity index (χ3v) is 3.29. The molecule has 2 rings (SSSR count). The number of rotatable bonds is 4. The molecule has 2 N–H and O–H groups in total. The summed E-state index contributed by atoms with van der Waals surface area (Å²) < 4.78 is 10.3. The number of nitrogens with two attached hydrogens (primary N) is 1. The maximum absolute atomic E-state index is 11.3. The number of esters is 1. The molecule has 0 bridgehead atoms. The summed E-state index contributed by atoms with van der Waals surface area (Å²) in [4.78, 5) is 13.5. The van der Waals surface area contributed by atoms with Gasteiger partial charge in [-0.1, -0.05) is 18.2 Å². The third kappa shape index (κ3) is 3.68. The van der Waals surface area contributed by atoms with Crippen molar-refractivity contribution in [3.05, 3.63) is 29.8 Å². The van der Waals surface area contributed by atoms with Crippen LogP contribution in [0.25, 0.3) is 0 Å². The minimum absolute atomic E-state index is 0.355. The molecule has 1 unspecified atom stereocenters. The quantitative estimate of drug-likeness (QED) is 0.814. The predicted octanol–water partition coefficient (Wildman–Crippen LogP) is 0.771. The van der Waals surface area contributed by atoms with E-state index in [1.54, 1.807) is 0 Å². The fourth-order valence-corrected chi connectivity index (χ4v) is 2.16. The first kappa shape index (κ1) is 13.8. The maximum atomic E-state index is 11.3. The lowest BCUT2D eigenvalue weighted by Crippen LogP contribution is -2.36. The van der Waals surface area contributed by atoms with Crippen molar-refractivity contribution < 1.29 is 14.3 Å². The zero-order chi connectivity index (χ0) is 13.7. The van der Waals surface area contributed by atoms with Crippen LogP contribution >= 0.6 is 0 Å². The summed E-state index contributed by atoms with van der Waals surface area (Å²) in [7, 11) is 1.36. The molecule has 0 amide bonds. The van der Waals surface area contributed by atoms with Crippen LogP contribution in [-0.2, 0) is 16.1 Å². The van der Waals surface area contributed by atoms with Gasteiger partial charge in [0.05, 0.1) is 7.11 Å². The smallest absolute Gasteiger partial charge is 0.322 e. The zero-order valence-corrected chi connectivity index (χ0v) is 11.2. The third-order valence-electron chi connectivity index (χ3n) is 3.29. The molecule has 19 heavy (non-hydrogen) atoms. The van der Waals surface area contributed by atoms with Crippen LogP contribution in [0.5, 0.6) is 5.75 Å². The summed E-state index contributed by atoms with van der Waals surface area (Å²) in [5.41, 5.74) is 6.92. The fraction of sp³-hybridized carbons (Fsp3) is 0.500. The van der Waals surface area contributed by atoms with Gasteiger partial charge in [-0.25, -0.2) is 0 Å². The Bertz CT molecular complexity index is 436. The van der Waals surface area contributed by atoms with E-state index in [4.69, 9.17) is 10.5 Å². The van der Waals surface area contributed by atoms with Gasteiger partial charge in [0.15, 0.2) is 0 Å². The topological polar surface area (TPSA) is 64.8 Å². The van der Waals surface area contributed by atoms with Gasteiger partial charge in [0, 0.05) is 25.2 Å². The van der Waals surface area contributed by atoms with Gasteiger partial charge >= 0.3 is 5.97 Å². The Kier molecular flexibility index (Phi) is 4.76. The standard InChI is InChI=1S/C14H20N2O3/c1-18-14(17)12(15)6-7-16-8-9-19-13-5-3-2-4-11(13)10-16/h2-5,12H,6-10,15H2,1H3. The van der Waals surface area contributed by atoms with E-state index in [1.807, 2.05) is 18.2 Å². The van der Waals surface area contributed by atoms with Gasteiger partial charge in [-0.05, 0) is 12.5 Å². The second-order valence-electron chi connectivity index (χ2n) is 4.65. The van der Waals surface area contributed by atoms with Crippen LogP contribution in [0.2, 0.25) is 0 Å². The van der Waals surface area contributed by atoms with Gasteiger partial charge in [0.25, 0.3) is 0 Å². The van der Waals surface area contributed by atoms with E-state index in [9.17, 15) is 4.79 Å². The second-order valence-corrected chi connectivity index (χ2v) is 4.65. The molecule has 5 nitrogen and oxygen atoms in total. The van der Waals surface area contributed by atoms with Crippen LogP contribution in [-0.4, -0.2) is 43.7 Å². The summed E-state index contributed by atoms with van der Waals surface area (Å²) in [6.45, 7) is 3.07. The van der Waals surface area contributed by atoms with Crippen molar-refractivity contribution in [3.63, 3.8) is 0 Å². The Morgan fingerprint density at radius 3 is 3.11 bits per heavy atom. The number of carbonyl (C=O) groups is 1. The average molecular weight is 264 g/mol.